The van der Waals surface area contributed by atoms with Gasteiger partial charge in [0.15, 0.2) is 4.34 Å². The third-order valence-corrected chi connectivity index (χ3v) is 5.69. The Morgan fingerprint density at radius 1 is 1.18 bits per heavy atom. The summed E-state index contributed by atoms with van der Waals surface area (Å²) in [4.78, 5) is 12.0. The number of nitrogens with one attached hydrogen (secondary N) is 1. The predicted octanol–water partition coefficient (Wildman–Crippen LogP) is 3.46. The first-order valence-corrected chi connectivity index (χ1v) is 10.1. The van der Waals surface area contributed by atoms with E-state index in [1.807, 2.05) is 30.3 Å². The molecule has 28 heavy (non-hydrogen) atoms. The van der Waals surface area contributed by atoms with Gasteiger partial charge in [0.1, 0.15) is 16.5 Å². The molecular weight excluding hydrogens is 396 g/mol. The molecular formula is C19H18N4O3S2. The van der Waals surface area contributed by atoms with Crippen LogP contribution in [0.1, 0.15) is 5.56 Å². The predicted molar refractivity (Wildman–Crippen MR) is 111 cm³/mol. The summed E-state index contributed by atoms with van der Waals surface area (Å²) in [5.41, 5.74) is 4.24. The van der Waals surface area contributed by atoms with E-state index in [0.29, 0.717) is 11.5 Å². The lowest BCUT2D eigenvalue weighted by atomic mass is 10.2. The molecule has 144 valence electrons. The molecule has 7 nitrogen and oxygen atoms in total. The zero-order valence-electron chi connectivity index (χ0n) is 15.3. The number of ether oxygens (including phenoxy) is 2. The number of carbonyl (C=O) groups is 1. The Morgan fingerprint density at radius 3 is 2.75 bits per heavy atom. The lowest BCUT2D eigenvalue weighted by Crippen LogP contribution is -2.19. The first-order chi connectivity index (χ1) is 13.7. The van der Waals surface area contributed by atoms with Crippen LogP contribution in [0.3, 0.4) is 0 Å². The Balaban J connectivity index is 1.51. The minimum absolute atomic E-state index is 0.195. The van der Waals surface area contributed by atoms with Crippen LogP contribution in [0.2, 0.25) is 0 Å². The molecule has 0 radical (unpaired) electrons. The fourth-order valence-corrected chi connectivity index (χ4v) is 3.87. The van der Waals surface area contributed by atoms with Gasteiger partial charge in [-0.25, -0.2) is 5.43 Å². The molecule has 1 aromatic heterocycles. The van der Waals surface area contributed by atoms with Crippen molar-refractivity contribution in [1.29, 1.82) is 0 Å². The number of carbonyl (C=O) groups excluding carboxylic acids is 1. The molecule has 0 aliphatic rings. The minimum Gasteiger partial charge on any atom is -0.497 e. The molecule has 1 N–H and O–H groups in total. The van der Waals surface area contributed by atoms with Gasteiger partial charge in [-0.2, -0.15) is 5.10 Å². The second-order valence-electron chi connectivity index (χ2n) is 5.43. The first-order valence-electron chi connectivity index (χ1n) is 8.25. The van der Waals surface area contributed by atoms with Crippen LogP contribution in [-0.2, 0) is 4.79 Å². The van der Waals surface area contributed by atoms with Gasteiger partial charge in [0.05, 0.1) is 26.2 Å². The SMILES string of the molecule is COc1ccc(C=NNC(=O)CSc2nnc(-c3ccccc3)s2)c(OC)c1. The van der Waals surface area contributed by atoms with Gasteiger partial charge in [-0.15, -0.1) is 10.2 Å². The molecule has 0 atom stereocenters. The molecule has 1 heterocycles. The van der Waals surface area contributed by atoms with Crippen LogP contribution in [0.15, 0.2) is 58.0 Å². The van der Waals surface area contributed by atoms with E-state index in [0.717, 1.165) is 20.5 Å². The first kappa shape index (κ1) is 19.8. The fourth-order valence-electron chi connectivity index (χ4n) is 2.22. The third-order valence-electron chi connectivity index (χ3n) is 3.59. The summed E-state index contributed by atoms with van der Waals surface area (Å²) in [6.45, 7) is 0. The van der Waals surface area contributed by atoms with Crippen molar-refractivity contribution in [1.82, 2.24) is 15.6 Å². The summed E-state index contributed by atoms with van der Waals surface area (Å²) in [5.74, 6) is 1.25. The molecule has 0 fully saturated rings. The van der Waals surface area contributed by atoms with E-state index in [4.69, 9.17) is 9.47 Å². The van der Waals surface area contributed by atoms with E-state index < -0.39 is 0 Å². The number of benzene rings is 2. The smallest absolute Gasteiger partial charge is 0.250 e. The van der Waals surface area contributed by atoms with Crippen molar-refractivity contribution in [2.75, 3.05) is 20.0 Å². The average Bonchev–Trinajstić information content (AvgIpc) is 3.22. The van der Waals surface area contributed by atoms with Crippen molar-refractivity contribution in [3.63, 3.8) is 0 Å². The van der Waals surface area contributed by atoms with Gasteiger partial charge in [-0.3, -0.25) is 4.79 Å². The molecule has 0 aliphatic carbocycles. The quantitative estimate of drug-likeness (QED) is 0.345. The molecule has 0 saturated heterocycles. The second kappa shape index (κ2) is 9.86. The van der Waals surface area contributed by atoms with E-state index in [1.54, 1.807) is 32.4 Å². The molecule has 0 aliphatic heterocycles. The maximum absolute atomic E-state index is 12.0. The van der Waals surface area contributed by atoms with E-state index in [2.05, 4.69) is 20.7 Å². The number of rotatable bonds is 8. The number of thioether (sulfide) groups is 1. The zero-order chi connectivity index (χ0) is 19.8. The van der Waals surface area contributed by atoms with Crippen LogP contribution in [-0.4, -0.2) is 42.3 Å². The standard InChI is InChI=1S/C19H18N4O3S2/c1-25-15-9-8-14(16(10-15)26-2)11-20-21-17(24)12-27-19-23-22-18(28-19)13-6-4-3-5-7-13/h3-11H,12H2,1-2H3,(H,21,24). The Bertz CT molecular complexity index is 961. The second-order valence-corrected chi connectivity index (χ2v) is 7.63. The van der Waals surface area contributed by atoms with Crippen molar-refractivity contribution in [3.8, 4) is 22.1 Å². The van der Waals surface area contributed by atoms with E-state index >= 15 is 0 Å². The molecule has 0 spiro atoms. The van der Waals surface area contributed by atoms with Gasteiger partial charge in [-0.05, 0) is 12.1 Å². The van der Waals surface area contributed by atoms with Crippen molar-refractivity contribution < 1.29 is 14.3 Å². The summed E-state index contributed by atoms with van der Waals surface area (Å²) < 4.78 is 11.2. The van der Waals surface area contributed by atoms with Gasteiger partial charge in [0.2, 0.25) is 0 Å². The maximum atomic E-state index is 12.0. The molecule has 2 aromatic carbocycles. The Kier molecular flexibility index (Phi) is 6.99. The minimum atomic E-state index is -0.231. The molecule has 1 amide bonds. The van der Waals surface area contributed by atoms with E-state index in [-0.39, 0.29) is 11.7 Å². The number of amides is 1. The number of hydrogen-bond acceptors (Lipinski definition) is 8. The fraction of sp³-hybridized carbons (Fsp3) is 0.158. The van der Waals surface area contributed by atoms with Gasteiger partial charge in [-0.1, -0.05) is 53.4 Å². The number of aromatic nitrogens is 2. The molecule has 3 rings (SSSR count). The van der Waals surface area contributed by atoms with Crippen LogP contribution in [0.4, 0.5) is 0 Å². The number of hydrogen-bond donors (Lipinski definition) is 1. The summed E-state index contributed by atoms with van der Waals surface area (Å²) in [6.07, 6.45) is 1.53. The topological polar surface area (TPSA) is 85.7 Å². The summed E-state index contributed by atoms with van der Waals surface area (Å²) in [5, 5.41) is 13.1. The van der Waals surface area contributed by atoms with E-state index in [9.17, 15) is 4.79 Å². The Hall–Kier alpha value is -2.91. The largest absolute Gasteiger partial charge is 0.497 e. The Morgan fingerprint density at radius 2 is 2.00 bits per heavy atom. The zero-order valence-corrected chi connectivity index (χ0v) is 16.9. The van der Waals surface area contributed by atoms with Crippen LogP contribution in [0.5, 0.6) is 11.5 Å². The lowest BCUT2D eigenvalue weighted by molar-refractivity contribution is -0.118. The monoisotopic (exact) mass is 414 g/mol. The summed E-state index contributed by atoms with van der Waals surface area (Å²) in [6, 6.07) is 15.1. The summed E-state index contributed by atoms with van der Waals surface area (Å²) in [7, 11) is 3.15. The van der Waals surface area contributed by atoms with Gasteiger partial charge in [0.25, 0.3) is 5.91 Å². The average molecular weight is 415 g/mol. The van der Waals surface area contributed by atoms with Crippen molar-refractivity contribution >= 4 is 35.2 Å². The van der Waals surface area contributed by atoms with Gasteiger partial charge in [0, 0.05) is 17.2 Å². The molecule has 0 unspecified atom stereocenters. The number of hydrazone groups is 1. The van der Waals surface area contributed by atoms with Crippen LogP contribution < -0.4 is 14.9 Å². The van der Waals surface area contributed by atoms with Crippen molar-refractivity contribution in [2.45, 2.75) is 4.34 Å². The molecule has 9 heteroatoms. The number of methoxy groups -OCH3 is 2. The van der Waals surface area contributed by atoms with Crippen LogP contribution in [0, 0.1) is 0 Å². The Labute approximate surface area is 170 Å². The van der Waals surface area contributed by atoms with Crippen molar-refractivity contribution in [2.24, 2.45) is 5.10 Å². The highest BCUT2D eigenvalue weighted by Crippen LogP contribution is 2.29. The highest BCUT2D eigenvalue weighted by atomic mass is 32.2. The molecule has 0 bridgehead atoms. The molecule has 0 saturated carbocycles. The van der Waals surface area contributed by atoms with Crippen LogP contribution in [0.25, 0.3) is 10.6 Å². The lowest BCUT2D eigenvalue weighted by Gasteiger charge is -2.06. The van der Waals surface area contributed by atoms with Crippen molar-refractivity contribution in [3.05, 3.63) is 54.1 Å². The van der Waals surface area contributed by atoms with Gasteiger partial charge < -0.3 is 9.47 Å². The number of nitrogens with zero attached hydrogens (tertiary/aromatic N) is 3. The third kappa shape index (κ3) is 5.30. The van der Waals surface area contributed by atoms with E-state index in [1.165, 1.54) is 29.3 Å². The van der Waals surface area contributed by atoms with Crippen LogP contribution >= 0.6 is 23.1 Å². The normalized spacial score (nSPS) is 10.8. The van der Waals surface area contributed by atoms with Gasteiger partial charge >= 0.3 is 0 Å². The summed E-state index contributed by atoms with van der Waals surface area (Å²) >= 11 is 2.77. The highest BCUT2D eigenvalue weighted by Gasteiger charge is 2.09. The maximum Gasteiger partial charge on any atom is 0.250 e. The molecule has 3 aromatic rings. The highest BCUT2D eigenvalue weighted by molar-refractivity contribution is 8.01.